The summed E-state index contributed by atoms with van der Waals surface area (Å²) < 4.78 is 5.06. The lowest BCUT2D eigenvalue weighted by atomic mass is 9.88. The van der Waals surface area contributed by atoms with E-state index in [2.05, 4.69) is 41.1 Å². The third-order valence-corrected chi connectivity index (χ3v) is 4.27. The van der Waals surface area contributed by atoms with E-state index in [0.717, 1.165) is 31.9 Å². The van der Waals surface area contributed by atoms with Gasteiger partial charge in [-0.25, -0.2) is 0 Å². The molecule has 18 heavy (non-hydrogen) atoms. The molecule has 0 spiro atoms. The van der Waals surface area contributed by atoms with Crippen LogP contribution in [0.2, 0.25) is 0 Å². The summed E-state index contributed by atoms with van der Waals surface area (Å²) in [5, 5.41) is 7.36. The second kappa shape index (κ2) is 5.80. The monoisotopic (exact) mass is 252 g/mol. The van der Waals surface area contributed by atoms with Crippen molar-refractivity contribution in [2.75, 3.05) is 19.6 Å². The van der Waals surface area contributed by atoms with Gasteiger partial charge in [0.2, 0.25) is 5.89 Å². The Labute approximate surface area is 109 Å². The van der Waals surface area contributed by atoms with Crippen LogP contribution in [0.1, 0.15) is 39.5 Å². The van der Waals surface area contributed by atoms with Gasteiger partial charge in [0, 0.05) is 37.6 Å². The molecular weight excluding hydrogens is 228 g/mol. The number of hydrogen-bond donors (Lipinski definition) is 1. The Kier molecular flexibility index (Phi) is 4.35. The summed E-state index contributed by atoms with van der Waals surface area (Å²) >= 11 is 0. The Morgan fingerprint density at radius 3 is 2.89 bits per heavy atom. The molecule has 1 aliphatic rings. The quantitative estimate of drug-likeness (QED) is 0.860. The molecule has 0 radical (unpaired) electrons. The predicted molar refractivity (Wildman–Crippen MR) is 70.4 cm³/mol. The van der Waals surface area contributed by atoms with E-state index in [1.165, 1.54) is 19.2 Å². The fourth-order valence-electron chi connectivity index (χ4n) is 2.66. The SMILES string of the molecule is CCC1(CC)CN(CCc2ncno2)C(C)CN1. The molecular formula is C13H24N4O. The van der Waals surface area contributed by atoms with Crippen molar-refractivity contribution in [2.45, 2.75) is 51.6 Å². The first-order valence-electron chi connectivity index (χ1n) is 6.93. The first-order valence-corrected chi connectivity index (χ1v) is 6.93. The van der Waals surface area contributed by atoms with Crippen LogP contribution >= 0.6 is 0 Å². The summed E-state index contributed by atoms with van der Waals surface area (Å²) in [7, 11) is 0. The van der Waals surface area contributed by atoms with Crippen LogP contribution in [-0.2, 0) is 6.42 Å². The van der Waals surface area contributed by atoms with Gasteiger partial charge in [-0.05, 0) is 19.8 Å². The van der Waals surface area contributed by atoms with Gasteiger partial charge in [-0.2, -0.15) is 4.98 Å². The van der Waals surface area contributed by atoms with Gasteiger partial charge in [0.05, 0.1) is 0 Å². The van der Waals surface area contributed by atoms with E-state index in [1.54, 1.807) is 0 Å². The largest absolute Gasteiger partial charge is 0.340 e. The topological polar surface area (TPSA) is 54.2 Å². The molecule has 0 aliphatic carbocycles. The van der Waals surface area contributed by atoms with Crippen LogP contribution in [0.5, 0.6) is 0 Å². The zero-order valence-electron chi connectivity index (χ0n) is 11.6. The summed E-state index contributed by atoms with van der Waals surface area (Å²) in [6.07, 6.45) is 4.66. The molecule has 1 N–H and O–H groups in total. The van der Waals surface area contributed by atoms with Crippen LogP contribution in [0.15, 0.2) is 10.9 Å². The van der Waals surface area contributed by atoms with E-state index >= 15 is 0 Å². The molecule has 5 nitrogen and oxygen atoms in total. The van der Waals surface area contributed by atoms with Crippen molar-refractivity contribution in [2.24, 2.45) is 0 Å². The van der Waals surface area contributed by atoms with Crippen molar-refractivity contribution >= 4 is 0 Å². The fourth-order valence-corrected chi connectivity index (χ4v) is 2.66. The Morgan fingerprint density at radius 1 is 1.50 bits per heavy atom. The van der Waals surface area contributed by atoms with Crippen molar-refractivity contribution in [3.8, 4) is 0 Å². The minimum atomic E-state index is 0.279. The van der Waals surface area contributed by atoms with Crippen LogP contribution in [0, 0.1) is 0 Å². The molecule has 102 valence electrons. The highest BCUT2D eigenvalue weighted by Crippen LogP contribution is 2.22. The summed E-state index contributed by atoms with van der Waals surface area (Å²) in [5.74, 6) is 0.735. The maximum Gasteiger partial charge on any atom is 0.227 e. The van der Waals surface area contributed by atoms with Crippen LogP contribution in [0.4, 0.5) is 0 Å². The fraction of sp³-hybridized carbons (Fsp3) is 0.846. The number of nitrogens with zero attached hydrogens (tertiary/aromatic N) is 3. The molecule has 0 saturated carbocycles. The maximum absolute atomic E-state index is 5.06. The second-order valence-electron chi connectivity index (χ2n) is 5.27. The predicted octanol–water partition coefficient (Wildman–Crippen LogP) is 1.46. The maximum atomic E-state index is 5.06. The van der Waals surface area contributed by atoms with Crippen LogP contribution in [-0.4, -0.2) is 46.3 Å². The molecule has 0 amide bonds. The number of rotatable bonds is 5. The summed E-state index contributed by atoms with van der Waals surface area (Å²) in [4.78, 5) is 6.62. The lowest BCUT2D eigenvalue weighted by Crippen LogP contribution is -2.63. The van der Waals surface area contributed by atoms with Crippen LogP contribution in [0.25, 0.3) is 0 Å². The Balaban J connectivity index is 1.93. The molecule has 0 aromatic carbocycles. The zero-order valence-corrected chi connectivity index (χ0v) is 11.6. The molecule has 1 saturated heterocycles. The van der Waals surface area contributed by atoms with Gasteiger partial charge >= 0.3 is 0 Å². The molecule has 2 heterocycles. The van der Waals surface area contributed by atoms with Crippen LogP contribution < -0.4 is 5.32 Å². The normalized spacial score (nSPS) is 24.3. The highest BCUT2D eigenvalue weighted by Gasteiger charge is 2.34. The van der Waals surface area contributed by atoms with Crippen molar-refractivity contribution in [3.05, 3.63) is 12.2 Å². The van der Waals surface area contributed by atoms with E-state index < -0.39 is 0 Å². The molecule has 1 aliphatic heterocycles. The van der Waals surface area contributed by atoms with Crippen molar-refractivity contribution in [3.63, 3.8) is 0 Å². The average molecular weight is 252 g/mol. The minimum absolute atomic E-state index is 0.279. The standard InChI is InChI=1S/C13H24N4O/c1-4-13(5-2)9-17(11(3)8-15-13)7-6-12-14-10-16-18-12/h10-11,15H,4-9H2,1-3H3. The molecule has 1 aromatic heterocycles. The second-order valence-corrected chi connectivity index (χ2v) is 5.27. The Hall–Kier alpha value is -0.940. The number of nitrogens with one attached hydrogen (secondary N) is 1. The molecule has 1 aromatic rings. The van der Waals surface area contributed by atoms with Crippen molar-refractivity contribution in [1.82, 2.24) is 20.4 Å². The molecule has 1 atom stereocenters. The average Bonchev–Trinajstić information content (AvgIpc) is 2.91. The summed E-state index contributed by atoms with van der Waals surface area (Å²) in [6.45, 7) is 9.97. The lowest BCUT2D eigenvalue weighted by Gasteiger charge is -2.46. The van der Waals surface area contributed by atoms with Gasteiger partial charge in [-0.15, -0.1) is 0 Å². The molecule has 1 fully saturated rings. The van der Waals surface area contributed by atoms with Gasteiger partial charge in [0.1, 0.15) is 0 Å². The first kappa shape index (κ1) is 13.5. The zero-order chi connectivity index (χ0) is 13.0. The van der Waals surface area contributed by atoms with E-state index in [4.69, 9.17) is 4.52 Å². The molecule has 2 rings (SSSR count). The van der Waals surface area contributed by atoms with E-state index in [-0.39, 0.29) is 5.54 Å². The van der Waals surface area contributed by atoms with Gasteiger partial charge in [0.15, 0.2) is 6.33 Å². The smallest absolute Gasteiger partial charge is 0.227 e. The summed E-state index contributed by atoms with van der Waals surface area (Å²) in [5.41, 5.74) is 0.279. The van der Waals surface area contributed by atoms with Crippen molar-refractivity contribution in [1.29, 1.82) is 0 Å². The Morgan fingerprint density at radius 2 is 2.28 bits per heavy atom. The van der Waals surface area contributed by atoms with Crippen LogP contribution in [0.3, 0.4) is 0 Å². The highest BCUT2D eigenvalue weighted by molar-refractivity contribution is 4.96. The summed E-state index contributed by atoms with van der Waals surface area (Å²) in [6, 6.07) is 0.569. The highest BCUT2D eigenvalue weighted by atomic mass is 16.5. The van der Waals surface area contributed by atoms with E-state index in [1.807, 2.05) is 0 Å². The van der Waals surface area contributed by atoms with E-state index in [0.29, 0.717) is 6.04 Å². The van der Waals surface area contributed by atoms with Gasteiger partial charge < -0.3 is 9.84 Å². The van der Waals surface area contributed by atoms with Gasteiger partial charge in [0.25, 0.3) is 0 Å². The number of piperazine rings is 1. The number of aromatic nitrogens is 2. The molecule has 5 heteroatoms. The first-order chi connectivity index (χ1) is 8.69. The number of hydrogen-bond acceptors (Lipinski definition) is 5. The molecule has 1 unspecified atom stereocenters. The third-order valence-electron chi connectivity index (χ3n) is 4.27. The Bertz CT molecular complexity index is 348. The van der Waals surface area contributed by atoms with Gasteiger partial charge in [-0.1, -0.05) is 19.0 Å². The van der Waals surface area contributed by atoms with E-state index in [9.17, 15) is 0 Å². The lowest BCUT2D eigenvalue weighted by molar-refractivity contribution is 0.0800. The molecule has 0 bridgehead atoms. The van der Waals surface area contributed by atoms with Gasteiger partial charge in [-0.3, -0.25) is 4.90 Å². The minimum Gasteiger partial charge on any atom is -0.340 e. The van der Waals surface area contributed by atoms with Crippen molar-refractivity contribution < 1.29 is 4.52 Å². The third kappa shape index (κ3) is 2.90.